The summed E-state index contributed by atoms with van der Waals surface area (Å²) in [6, 6.07) is 19.8. The summed E-state index contributed by atoms with van der Waals surface area (Å²) in [7, 11) is 0. The topological polar surface area (TPSA) is 8.81 Å². The second-order valence-electron chi connectivity index (χ2n) is 6.33. The van der Waals surface area contributed by atoms with Crippen molar-refractivity contribution < 1.29 is 4.57 Å². The second-order valence-corrected chi connectivity index (χ2v) is 7.42. The highest BCUT2D eigenvalue weighted by Crippen LogP contribution is 2.40. The molecule has 0 spiro atoms. The van der Waals surface area contributed by atoms with Gasteiger partial charge in [-0.1, -0.05) is 55.8 Å². The molecule has 0 amide bonds. The summed E-state index contributed by atoms with van der Waals surface area (Å²) in [4.78, 5) is 2.63. The van der Waals surface area contributed by atoms with Gasteiger partial charge in [-0.3, -0.25) is 0 Å². The van der Waals surface area contributed by atoms with E-state index >= 15 is 0 Å². The molecule has 5 rings (SSSR count). The Kier molecular flexibility index (Phi) is 3.17. The zero-order chi connectivity index (χ0) is 16.1. The van der Waals surface area contributed by atoms with Crippen molar-refractivity contribution in [3.63, 3.8) is 0 Å². The summed E-state index contributed by atoms with van der Waals surface area (Å²) in [5, 5.41) is 2.58. The fraction of sp³-hybridized carbons (Fsp3) is 0.190. The molecule has 3 heteroatoms. The van der Waals surface area contributed by atoms with Crippen molar-refractivity contribution in [3.05, 3.63) is 60.9 Å². The van der Waals surface area contributed by atoms with Gasteiger partial charge in [0.25, 0.3) is 0 Å². The molecule has 0 aliphatic carbocycles. The Morgan fingerprint density at radius 2 is 1.83 bits per heavy atom. The maximum Gasteiger partial charge on any atom is 0.244 e. The molecule has 0 fully saturated rings. The van der Waals surface area contributed by atoms with Crippen molar-refractivity contribution in [3.8, 4) is 5.69 Å². The molecule has 0 unspecified atom stereocenters. The molecule has 118 valence electrons. The Bertz CT molecular complexity index is 1080. The molecule has 2 nitrogen and oxygen atoms in total. The van der Waals surface area contributed by atoms with E-state index in [-0.39, 0.29) is 0 Å². The van der Waals surface area contributed by atoms with Gasteiger partial charge in [-0.25, -0.2) is 0 Å². The minimum Gasteiger partial charge on any atom is -0.317 e. The van der Waals surface area contributed by atoms with Crippen molar-refractivity contribution >= 4 is 33.6 Å². The number of unbranched alkanes of at least 4 members (excludes halogenated alkanes) is 1. The van der Waals surface area contributed by atoms with Crippen LogP contribution in [-0.2, 0) is 6.54 Å². The molecule has 0 N–H and O–H groups in total. The van der Waals surface area contributed by atoms with Crippen molar-refractivity contribution in [1.82, 2.24) is 4.57 Å². The zero-order valence-electron chi connectivity index (χ0n) is 13.6. The summed E-state index contributed by atoms with van der Waals surface area (Å²) >= 11 is 1.87. The van der Waals surface area contributed by atoms with E-state index in [0.717, 1.165) is 6.54 Å². The molecule has 0 radical (unpaired) electrons. The maximum absolute atomic E-state index is 3.61. The number of hydrogen-bond donors (Lipinski definition) is 0. The number of para-hydroxylation sites is 1. The number of fused-ring (bicyclic) bond motifs is 3. The number of aryl methyl sites for hydroxylation is 1. The standard InChI is InChI=1S/C21H18N2S/c1-2-3-11-22-14-23-18-12-15-7-4-5-8-16(15)13-20(18)24-19-10-6-9-17(22)21(19)23/h4-10,12-13H,2-3,11H2,1H3. The van der Waals surface area contributed by atoms with Crippen molar-refractivity contribution in [2.45, 2.75) is 36.1 Å². The molecule has 0 saturated carbocycles. The largest absolute Gasteiger partial charge is 0.317 e. The molecule has 2 heterocycles. The van der Waals surface area contributed by atoms with Gasteiger partial charge >= 0.3 is 0 Å². The summed E-state index contributed by atoms with van der Waals surface area (Å²) in [5.74, 6) is 0. The predicted molar refractivity (Wildman–Crippen MR) is 98.8 cm³/mol. The number of imidazole rings is 1. The molecular weight excluding hydrogens is 312 g/mol. The first-order chi connectivity index (χ1) is 11.8. The first-order valence-corrected chi connectivity index (χ1v) is 9.34. The van der Waals surface area contributed by atoms with Gasteiger partial charge in [-0.15, -0.1) is 11.8 Å². The lowest BCUT2D eigenvalue weighted by atomic mass is 10.1. The average molecular weight is 330 g/mol. The van der Waals surface area contributed by atoms with Gasteiger partial charge in [-0.05, 0) is 29.3 Å². The van der Waals surface area contributed by atoms with Crippen LogP contribution >= 0.6 is 11.8 Å². The summed E-state index contributed by atoms with van der Waals surface area (Å²) in [6.07, 6.45) is 5.99. The van der Waals surface area contributed by atoms with E-state index in [1.807, 2.05) is 11.8 Å². The minimum absolute atomic E-state index is 1.02. The predicted octanol–water partition coefficient (Wildman–Crippen LogP) is 5.14. The molecule has 0 saturated heterocycles. The van der Waals surface area contributed by atoms with Crippen LogP contribution in [0.2, 0.25) is 0 Å². The first kappa shape index (κ1) is 14.1. The summed E-state index contributed by atoms with van der Waals surface area (Å²) < 4.78 is 4.55. The number of rotatable bonds is 3. The van der Waals surface area contributed by atoms with Gasteiger partial charge in [0, 0.05) is 9.79 Å². The van der Waals surface area contributed by atoms with Crippen LogP contribution in [0.1, 0.15) is 19.8 Å². The molecule has 1 aromatic heterocycles. The number of benzene rings is 3. The molecule has 3 aromatic carbocycles. The fourth-order valence-electron chi connectivity index (χ4n) is 3.50. The van der Waals surface area contributed by atoms with Gasteiger partial charge in [0.05, 0.1) is 23.3 Å². The Morgan fingerprint density at radius 1 is 1.00 bits per heavy atom. The smallest absolute Gasteiger partial charge is 0.244 e. The zero-order valence-corrected chi connectivity index (χ0v) is 14.4. The molecule has 1 aliphatic rings. The van der Waals surface area contributed by atoms with Crippen LogP contribution < -0.4 is 4.57 Å². The highest BCUT2D eigenvalue weighted by Gasteiger charge is 2.21. The van der Waals surface area contributed by atoms with Crippen molar-refractivity contribution in [1.29, 1.82) is 0 Å². The molecule has 0 bridgehead atoms. The first-order valence-electron chi connectivity index (χ1n) is 8.53. The van der Waals surface area contributed by atoms with E-state index in [9.17, 15) is 0 Å². The molecule has 1 aliphatic heterocycles. The van der Waals surface area contributed by atoms with E-state index in [1.165, 1.54) is 50.1 Å². The van der Waals surface area contributed by atoms with E-state index < -0.39 is 0 Å². The Labute approximate surface area is 145 Å². The van der Waals surface area contributed by atoms with E-state index in [2.05, 4.69) is 77.0 Å². The number of hydrogen-bond acceptors (Lipinski definition) is 1. The van der Waals surface area contributed by atoms with Crippen molar-refractivity contribution in [2.75, 3.05) is 0 Å². The third-order valence-electron chi connectivity index (χ3n) is 4.74. The molecule has 4 aromatic rings. The minimum atomic E-state index is 1.02. The number of aromatic nitrogens is 2. The monoisotopic (exact) mass is 330 g/mol. The van der Waals surface area contributed by atoms with Crippen LogP contribution in [0.4, 0.5) is 0 Å². The highest BCUT2D eigenvalue weighted by molar-refractivity contribution is 7.99. The van der Waals surface area contributed by atoms with Crippen LogP contribution in [-0.4, -0.2) is 4.57 Å². The SMILES string of the molecule is CCCCn1[c-][n+]2c3c(cccc31)Sc1cc3ccccc3cc1-2. The number of nitrogens with zero attached hydrogens (tertiary/aromatic N) is 2. The third-order valence-corrected chi connectivity index (χ3v) is 5.83. The van der Waals surface area contributed by atoms with Crippen LogP contribution in [0.3, 0.4) is 0 Å². The van der Waals surface area contributed by atoms with Gasteiger partial charge < -0.3 is 9.13 Å². The van der Waals surface area contributed by atoms with Crippen LogP contribution in [0.25, 0.3) is 27.5 Å². The van der Waals surface area contributed by atoms with Crippen LogP contribution in [0, 0.1) is 6.33 Å². The van der Waals surface area contributed by atoms with Gasteiger partial charge in [0.2, 0.25) is 6.33 Å². The molecule has 0 atom stereocenters. The Hall–Kier alpha value is -2.26. The molecule has 24 heavy (non-hydrogen) atoms. The maximum atomic E-state index is 3.61. The van der Waals surface area contributed by atoms with E-state index in [4.69, 9.17) is 0 Å². The third kappa shape index (κ3) is 2.01. The van der Waals surface area contributed by atoms with E-state index in [1.54, 1.807) is 0 Å². The lowest BCUT2D eigenvalue weighted by molar-refractivity contribution is -0.577. The van der Waals surface area contributed by atoms with Crippen molar-refractivity contribution in [2.24, 2.45) is 0 Å². The Balaban J connectivity index is 1.80. The highest BCUT2D eigenvalue weighted by atomic mass is 32.2. The van der Waals surface area contributed by atoms with E-state index in [0.29, 0.717) is 0 Å². The summed E-state index contributed by atoms with van der Waals surface area (Å²) in [5.41, 5.74) is 3.83. The molecular formula is C21H18N2S. The van der Waals surface area contributed by atoms with Gasteiger partial charge in [0.15, 0.2) is 0 Å². The summed E-state index contributed by atoms with van der Waals surface area (Å²) in [6.45, 7) is 3.26. The van der Waals surface area contributed by atoms with Gasteiger partial charge in [0.1, 0.15) is 0 Å². The fourth-order valence-corrected chi connectivity index (χ4v) is 4.62. The lowest BCUT2D eigenvalue weighted by Gasteiger charge is -2.20. The Morgan fingerprint density at radius 3 is 2.67 bits per heavy atom. The van der Waals surface area contributed by atoms with Crippen LogP contribution in [0.15, 0.2) is 64.4 Å². The van der Waals surface area contributed by atoms with Gasteiger partial charge in [-0.2, -0.15) is 0 Å². The van der Waals surface area contributed by atoms with Crippen LogP contribution in [0.5, 0.6) is 0 Å². The lowest BCUT2D eigenvalue weighted by Crippen LogP contribution is -2.32. The average Bonchev–Trinajstić information content (AvgIpc) is 2.99. The second kappa shape index (κ2) is 5.38. The normalized spacial score (nSPS) is 12.7. The quantitative estimate of drug-likeness (QED) is 0.329.